The van der Waals surface area contributed by atoms with Crippen molar-refractivity contribution in [2.75, 3.05) is 18.1 Å². The average Bonchev–Trinajstić information content (AvgIpc) is 2.47. The molecule has 21 heavy (non-hydrogen) atoms. The van der Waals surface area contributed by atoms with Crippen molar-refractivity contribution in [3.8, 4) is 11.8 Å². The fraction of sp³-hybridized carbons (Fsp3) is 0.429. The first-order valence-corrected chi connectivity index (χ1v) is 8.38. The van der Waals surface area contributed by atoms with Crippen molar-refractivity contribution in [3.05, 3.63) is 29.6 Å². The zero-order valence-corrected chi connectivity index (χ0v) is 12.2. The van der Waals surface area contributed by atoms with Crippen LogP contribution in [0.3, 0.4) is 0 Å². The Labute approximate surface area is 123 Å². The second-order valence-electron chi connectivity index (χ2n) is 4.82. The molecular weight excluding hydrogens is 292 g/mol. The number of carbonyl (C=O) groups excluding carboxylic acids is 1. The van der Waals surface area contributed by atoms with Gasteiger partial charge in [-0.05, 0) is 18.9 Å². The molecule has 1 aliphatic rings. The number of nitrogens with one attached hydrogen (secondary N) is 1. The summed E-state index contributed by atoms with van der Waals surface area (Å²) in [5.41, 5.74) is 0.913. The first-order valence-electron chi connectivity index (χ1n) is 6.56. The zero-order chi connectivity index (χ0) is 15.3. The number of amides is 1. The summed E-state index contributed by atoms with van der Waals surface area (Å²) in [4.78, 5) is 16.0. The predicted octanol–water partition coefficient (Wildman–Crippen LogP) is -0.268. The van der Waals surface area contributed by atoms with Crippen LogP contribution in [0.1, 0.15) is 28.8 Å². The highest BCUT2D eigenvalue weighted by Crippen LogP contribution is 2.13. The van der Waals surface area contributed by atoms with E-state index >= 15 is 0 Å². The SMILES string of the molecule is O=C(NC1CCS(=O)(=O)CC1)c1cncc(C#CCO)c1. The lowest BCUT2D eigenvalue weighted by Gasteiger charge is -2.22. The van der Waals surface area contributed by atoms with Gasteiger partial charge in [0.2, 0.25) is 0 Å². The van der Waals surface area contributed by atoms with Crippen LogP contribution in [-0.2, 0) is 9.84 Å². The topological polar surface area (TPSA) is 96.4 Å². The minimum atomic E-state index is -2.94. The van der Waals surface area contributed by atoms with Crippen LogP contribution in [-0.4, -0.2) is 48.6 Å². The summed E-state index contributed by atoms with van der Waals surface area (Å²) in [7, 11) is -2.94. The van der Waals surface area contributed by atoms with Gasteiger partial charge in [-0.3, -0.25) is 9.78 Å². The molecule has 0 saturated carbocycles. The highest BCUT2D eigenvalue weighted by Gasteiger charge is 2.24. The van der Waals surface area contributed by atoms with Crippen molar-refractivity contribution >= 4 is 15.7 Å². The highest BCUT2D eigenvalue weighted by molar-refractivity contribution is 7.91. The number of aliphatic hydroxyl groups is 1. The van der Waals surface area contributed by atoms with Crippen LogP contribution in [0.25, 0.3) is 0 Å². The summed E-state index contributed by atoms with van der Waals surface area (Å²) < 4.78 is 22.7. The number of aliphatic hydroxyl groups excluding tert-OH is 1. The molecule has 0 atom stereocenters. The Morgan fingerprint density at radius 1 is 1.38 bits per heavy atom. The van der Waals surface area contributed by atoms with Gasteiger partial charge in [-0.25, -0.2) is 8.42 Å². The number of aromatic nitrogens is 1. The summed E-state index contributed by atoms with van der Waals surface area (Å²) in [6, 6.07) is 1.46. The fourth-order valence-electron chi connectivity index (χ4n) is 2.08. The number of hydrogen-bond donors (Lipinski definition) is 2. The summed E-state index contributed by atoms with van der Waals surface area (Å²) in [5.74, 6) is 5.10. The van der Waals surface area contributed by atoms with E-state index < -0.39 is 9.84 Å². The maximum Gasteiger partial charge on any atom is 0.253 e. The van der Waals surface area contributed by atoms with Gasteiger partial charge >= 0.3 is 0 Å². The first-order chi connectivity index (χ1) is 10.00. The molecule has 6 nitrogen and oxygen atoms in total. The van der Waals surface area contributed by atoms with Gasteiger partial charge in [0.1, 0.15) is 16.4 Å². The van der Waals surface area contributed by atoms with Gasteiger partial charge in [0.05, 0.1) is 17.1 Å². The van der Waals surface area contributed by atoms with E-state index in [9.17, 15) is 13.2 Å². The molecule has 0 bridgehead atoms. The largest absolute Gasteiger partial charge is 0.384 e. The molecule has 0 radical (unpaired) electrons. The maximum atomic E-state index is 12.1. The van der Waals surface area contributed by atoms with Crippen molar-refractivity contribution in [3.63, 3.8) is 0 Å². The molecule has 2 heterocycles. The molecule has 7 heteroatoms. The van der Waals surface area contributed by atoms with Crippen LogP contribution in [0.4, 0.5) is 0 Å². The van der Waals surface area contributed by atoms with Crippen LogP contribution in [0.5, 0.6) is 0 Å². The smallest absolute Gasteiger partial charge is 0.253 e. The van der Waals surface area contributed by atoms with Gasteiger partial charge in [0, 0.05) is 24.0 Å². The van der Waals surface area contributed by atoms with Crippen molar-refractivity contribution in [2.24, 2.45) is 0 Å². The van der Waals surface area contributed by atoms with Gasteiger partial charge in [-0.2, -0.15) is 0 Å². The summed E-state index contributed by atoms with van der Waals surface area (Å²) >= 11 is 0. The third-order valence-corrected chi connectivity index (χ3v) is 4.92. The average molecular weight is 308 g/mol. The Balaban J connectivity index is 2.01. The molecule has 2 rings (SSSR count). The standard InChI is InChI=1S/C14H16N2O4S/c17-5-1-2-11-8-12(10-15-9-11)14(18)16-13-3-6-21(19,20)7-4-13/h8-10,13,17H,3-7H2,(H,16,18). The van der Waals surface area contributed by atoms with E-state index in [-0.39, 0.29) is 30.1 Å². The molecule has 1 fully saturated rings. The lowest BCUT2D eigenvalue weighted by Crippen LogP contribution is -2.40. The van der Waals surface area contributed by atoms with Crippen LogP contribution >= 0.6 is 0 Å². The maximum absolute atomic E-state index is 12.1. The Hall–Kier alpha value is -1.91. The van der Waals surface area contributed by atoms with Gasteiger partial charge in [-0.15, -0.1) is 0 Å². The lowest BCUT2D eigenvalue weighted by atomic mass is 10.1. The Bertz CT molecular complexity index is 674. The minimum Gasteiger partial charge on any atom is -0.384 e. The van der Waals surface area contributed by atoms with Crippen LogP contribution in [0.15, 0.2) is 18.5 Å². The minimum absolute atomic E-state index is 0.109. The lowest BCUT2D eigenvalue weighted by molar-refractivity contribution is 0.0934. The quantitative estimate of drug-likeness (QED) is 0.733. The molecule has 1 aliphatic heterocycles. The number of hydrogen-bond acceptors (Lipinski definition) is 5. The number of rotatable bonds is 2. The number of carbonyl (C=O) groups is 1. The van der Waals surface area contributed by atoms with Gasteiger partial charge in [0.25, 0.3) is 5.91 Å². The molecule has 1 amide bonds. The molecule has 1 saturated heterocycles. The molecular formula is C14H16N2O4S. The van der Waals surface area contributed by atoms with E-state index in [1.54, 1.807) is 6.07 Å². The Morgan fingerprint density at radius 3 is 2.76 bits per heavy atom. The monoisotopic (exact) mass is 308 g/mol. The van der Waals surface area contributed by atoms with Crippen molar-refractivity contribution in [1.82, 2.24) is 10.3 Å². The molecule has 0 aliphatic carbocycles. The fourth-order valence-corrected chi connectivity index (χ4v) is 3.57. The Kier molecular flexibility index (Phi) is 4.94. The van der Waals surface area contributed by atoms with E-state index in [1.807, 2.05) is 0 Å². The highest BCUT2D eigenvalue weighted by atomic mass is 32.2. The molecule has 112 valence electrons. The van der Waals surface area contributed by atoms with Crippen molar-refractivity contribution < 1.29 is 18.3 Å². The van der Waals surface area contributed by atoms with Gasteiger partial charge < -0.3 is 10.4 Å². The summed E-state index contributed by atoms with van der Waals surface area (Å²) in [6.45, 7) is -0.257. The summed E-state index contributed by atoms with van der Waals surface area (Å²) in [6.07, 6.45) is 3.81. The van der Waals surface area contributed by atoms with E-state index in [2.05, 4.69) is 22.1 Å². The first kappa shape index (κ1) is 15.5. The molecule has 2 N–H and O–H groups in total. The normalized spacial score (nSPS) is 17.6. The van der Waals surface area contributed by atoms with Crippen LogP contribution in [0, 0.1) is 11.8 Å². The van der Waals surface area contributed by atoms with Gasteiger partial charge in [0.15, 0.2) is 0 Å². The van der Waals surface area contributed by atoms with Crippen molar-refractivity contribution in [1.29, 1.82) is 0 Å². The molecule has 1 aromatic rings. The molecule has 1 aromatic heterocycles. The van der Waals surface area contributed by atoms with E-state index in [0.717, 1.165) is 0 Å². The van der Waals surface area contributed by atoms with E-state index in [4.69, 9.17) is 5.11 Å². The van der Waals surface area contributed by atoms with Crippen LogP contribution < -0.4 is 5.32 Å². The second kappa shape index (κ2) is 6.70. The predicted molar refractivity (Wildman–Crippen MR) is 77.3 cm³/mol. The number of nitrogens with zero attached hydrogens (tertiary/aromatic N) is 1. The van der Waals surface area contributed by atoms with Crippen molar-refractivity contribution in [2.45, 2.75) is 18.9 Å². The number of pyridine rings is 1. The number of sulfone groups is 1. The third kappa shape index (κ3) is 4.55. The molecule has 0 unspecified atom stereocenters. The second-order valence-corrected chi connectivity index (χ2v) is 7.13. The van der Waals surface area contributed by atoms with E-state index in [0.29, 0.717) is 24.0 Å². The van der Waals surface area contributed by atoms with Crippen LogP contribution in [0.2, 0.25) is 0 Å². The van der Waals surface area contributed by atoms with E-state index in [1.165, 1.54) is 12.4 Å². The third-order valence-electron chi connectivity index (χ3n) is 3.20. The molecule has 0 spiro atoms. The zero-order valence-electron chi connectivity index (χ0n) is 11.4. The summed E-state index contributed by atoms with van der Waals surface area (Å²) in [5, 5.41) is 11.5. The molecule has 0 aromatic carbocycles. The van der Waals surface area contributed by atoms with Gasteiger partial charge in [-0.1, -0.05) is 11.8 Å². The Morgan fingerprint density at radius 2 is 2.10 bits per heavy atom.